The molecule has 1 aromatic heterocycles. The van der Waals surface area contributed by atoms with E-state index in [1.54, 1.807) is 0 Å². The number of hydrogen-bond donors (Lipinski definition) is 1. The third-order valence-corrected chi connectivity index (χ3v) is 3.99. The summed E-state index contributed by atoms with van der Waals surface area (Å²) < 4.78 is 2.31. The molecule has 1 aromatic rings. The van der Waals surface area contributed by atoms with Crippen LogP contribution in [0.1, 0.15) is 57.0 Å². The van der Waals surface area contributed by atoms with Crippen molar-refractivity contribution < 1.29 is 0 Å². The molecule has 0 radical (unpaired) electrons. The molecule has 0 aromatic carbocycles. The molecular formula is C14H25N3. The van der Waals surface area contributed by atoms with E-state index in [9.17, 15) is 0 Å². The van der Waals surface area contributed by atoms with Crippen LogP contribution in [-0.4, -0.2) is 22.9 Å². The van der Waals surface area contributed by atoms with Gasteiger partial charge in [0.15, 0.2) is 0 Å². The van der Waals surface area contributed by atoms with E-state index in [-0.39, 0.29) is 0 Å². The van der Waals surface area contributed by atoms with Crippen LogP contribution in [0.2, 0.25) is 0 Å². The van der Waals surface area contributed by atoms with Crippen LogP contribution in [0.25, 0.3) is 0 Å². The second-order valence-corrected chi connectivity index (χ2v) is 5.08. The van der Waals surface area contributed by atoms with Crippen LogP contribution < -0.4 is 5.32 Å². The Morgan fingerprint density at radius 2 is 2.18 bits per heavy atom. The maximum Gasteiger partial charge on any atom is 0.0624 e. The van der Waals surface area contributed by atoms with Gasteiger partial charge in [0.05, 0.1) is 11.7 Å². The van der Waals surface area contributed by atoms with E-state index < -0.39 is 0 Å². The maximum atomic E-state index is 4.78. The summed E-state index contributed by atoms with van der Waals surface area (Å²) in [6, 6.07) is 3.56. The first-order chi connectivity index (χ1) is 8.28. The number of nitrogens with one attached hydrogen (secondary N) is 1. The summed E-state index contributed by atoms with van der Waals surface area (Å²) in [5.41, 5.74) is 2.65. The van der Waals surface area contributed by atoms with Gasteiger partial charge in [-0.25, -0.2) is 0 Å². The lowest BCUT2D eigenvalue weighted by Gasteiger charge is -2.30. The van der Waals surface area contributed by atoms with Crippen molar-refractivity contribution in [2.24, 2.45) is 0 Å². The Morgan fingerprint density at radius 1 is 1.35 bits per heavy atom. The second-order valence-electron chi connectivity index (χ2n) is 5.08. The number of aryl methyl sites for hydroxylation is 2. The second kappa shape index (κ2) is 5.67. The highest BCUT2D eigenvalue weighted by atomic mass is 15.3. The molecule has 0 aliphatic heterocycles. The number of hydrogen-bond acceptors (Lipinski definition) is 2. The van der Waals surface area contributed by atoms with E-state index in [1.165, 1.54) is 37.1 Å². The first kappa shape index (κ1) is 12.6. The molecule has 2 rings (SSSR count). The van der Waals surface area contributed by atoms with Gasteiger partial charge >= 0.3 is 0 Å². The molecule has 1 aliphatic rings. The van der Waals surface area contributed by atoms with Gasteiger partial charge < -0.3 is 5.32 Å². The summed E-state index contributed by atoms with van der Waals surface area (Å²) >= 11 is 0. The van der Waals surface area contributed by atoms with Crippen LogP contribution in [-0.2, 0) is 12.8 Å². The third kappa shape index (κ3) is 2.71. The summed E-state index contributed by atoms with van der Waals surface area (Å²) in [6.45, 7) is 4.41. The summed E-state index contributed by atoms with van der Waals surface area (Å²) in [4.78, 5) is 0. The lowest BCUT2D eigenvalue weighted by molar-refractivity contribution is 0.273. The van der Waals surface area contributed by atoms with Crippen LogP contribution >= 0.6 is 0 Å². The Morgan fingerprint density at radius 3 is 2.82 bits per heavy atom. The molecule has 3 heteroatoms. The molecule has 0 saturated heterocycles. The molecule has 3 nitrogen and oxygen atoms in total. The average molecular weight is 235 g/mol. The minimum absolute atomic E-state index is 0.608. The molecule has 1 fully saturated rings. The van der Waals surface area contributed by atoms with E-state index in [4.69, 9.17) is 5.10 Å². The van der Waals surface area contributed by atoms with Crippen molar-refractivity contribution in [3.63, 3.8) is 0 Å². The minimum atomic E-state index is 0.608. The predicted molar refractivity (Wildman–Crippen MR) is 71.3 cm³/mol. The molecule has 0 spiro atoms. The van der Waals surface area contributed by atoms with Gasteiger partial charge in [-0.15, -0.1) is 0 Å². The highest BCUT2D eigenvalue weighted by Crippen LogP contribution is 2.29. The van der Waals surface area contributed by atoms with Crippen LogP contribution in [0.5, 0.6) is 0 Å². The summed E-state index contributed by atoms with van der Waals surface area (Å²) in [7, 11) is 2.08. The average Bonchev–Trinajstić information content (AvgIpc) is 2.82. The zero-order valence-electron chi connectivity index (χ0n) is 11.4. The Bertz CT molecular complexity index is 356. The number of rotatable bonds is 4. The smallest absolute Gasteiger partial charge is 0.0624 e. The molecule has 17 heavy (non-hydrogen) atoms. The van der Waals surface area contributed by atoms with Gasteiger partial charge in [0.25, 0.3) is 0 Å². The first-order valence-corrected chi connectivity index (χ1v) is 7.03. The van der Waals surface area contributed by atoms with Crippen molar-refractivity contribution in [1.29, 1.82) is 0 Å². The fraction of sp³-hybridized carbons (Fsp3) is 0.786. The quantitative estimate of drug-likeness (QED) is 0.869. The van der Waals surface area contributed by atoms with Gasteiger partial charge in [-0.05, 0) is 51.6 Å². The van der Waals surface area contributed by atoms with Gasteiger partial charge in [-0.1, -0.05) is 13.8 Å². The van der Waals surface area contributed by atoms with Crippen molar-refractivity contribution in [3.05, 3.63) is 17.5 Å². The Balaban J connectivity index is 2.17. The standard InChI is InChI=1S/C14H25N3/c1-4-11-9-13(5-2)17(16-11)14-8-6-7-12(10-14)15-3/h9,12,14-15H,4-8,10H2,1-3H3. The number of aromatic nitrogens is 2. The third-order valence-electron chi connectivity index (χ3n) is 3.99. The lowest BCUT2D eigenvalue weighted by atomic mass is 9.91. The van der Waals surface area contributed by atoms with E-state index in [2.05, 4.69) is 37.0 Å². The van der Waals surface area contributed by atoms with Crippen molar-refractivity contribution in [3.8, 4) is 0 Å². The van der Waals surface area contributed by atoms with Crippen LogP contribution in [0.3, 0.4) is 0 Å². The fourth-order valence-corrected chi connectivity index (χ4v) is 2.89. The first-order valence-electron chi connectivity index (χ1n) is 7.03. The van der Waals surface area contributed by atoms with Crippen LogP contribution in [0, 0.1) is 0 Å². The molecule has 2 atom stereocenters. The maximum absolute atomic E-state index is 4.78. The van der Waals surface area contributed by atoms with Crippen molar-refractivity contribution in [2.45, 2.75) is 64.5 Å². The molecule has 0 amide bonds. The Labute approximate surface area is 105 Å². The summed E-state index contributed by atoms with van der Waals surface area (Å²) in [5, 5.41) is 8.20. The van der Waals surface area contributed by atoms with Gasteiger partial charge in [0.1, 0.15) is 0 Å². The van der Waals surface area contributed by atoms with E-state index in [0.29, 0.717) is 12.1 Å². The Hall–Kier alpha value is -0.830. The highest BCUT2D eigenvalue weighted by molar-refractivity contribution is 5.11. The monoisotopic (exact) mass is 235 g/mol. The van der Waals surface area contributed by atoms with Gasteiger partial charge in [0.2, 0.25) is 0 Å². The predicted octanol–water partition coefficient (Wildman–Crippen LogP) is 2.71. The summed E-state index contributed by atoms with van der Waals surface area (Å²) in [6.07, 6.45) is 7.29. The van der Waals surface area contributed by atoms with Crippen LogP contribution in [0.4, 0.5) is 0 Å². The minimum Gasteiger partial charge on any atom is -0.317 e. The van der Waals surface area contributed by atoms with E-state index in [0.717, 1.165) is 12.8 Å². The zero-order valence-corrected chi connectivity index (χ0v) is 11.4. The van der Waals surface area contributed by atoms with Crippen LogP contribution in [0.15, 0.2) is 6.07 Å². The van der Waals surface area contributed by atoms with E-state index >= 15 is 0 Å². The Kier molecular flexibility index (Phi) is 4.21. The summed E-state index contributed by atoms with van der Waals surface area (Å²) in [5.74, 6) is 0. The topological polar surface area (TPSA) is 29.9 Å². The largest absolute Gasteiger partial charge is 0.317 e. The highest BCUT2D eigenvalue weighted by Gasteiger charge is 2.24. The van der Waals surface area contributed by atoms with E-state index in [1.807, 2.05) is 0 Å². The normalized spacial score (nSPS) is 25.1. The molecule has 96 valence electrons. The van der Waals surface area contributed by atoms with Gasteiger partial charge in [-0.2, -0.15) is 5.10 Å². The SMILES string of the molecule is CCc1cc(CC)n(C2CCCC(NC)C2)n1. The van der Waals surface area contributed by atoms with Crippen molar-refractivity contribution >= 4 is 0 Å². The van der Waals surface area contributed by atoms with Gasteiger partial charge in [0, 0.05) is 11.7 Å². The van der Waals surface area contributed by atoms with Crippen molar-refractivity contribution in [1.82, 2.24) is 15.1 Å². The molecule has 0 bridgehead atoms. The molecule has 1 aliphatic carbocycles. The fourth-order valence-electron chi connectivity index (χ4n) is 2.89. The number of nitrogens with zero attached hydrogens (tertiary/aromatic N) is 2. The molecule has 1 heterocycles. The molecular weight excluding hydrogens is 210 g/mol. The van der Waals surface area contributed by atoms with Crippen molar-refractivity contribution in [2.75, 3.05) is 7.05 Å². The lowest BCUT2D eigenvalue weighted by Crippen LogP contribution is -2.33. The molecule has 1 saturated carbocycles. The molecule has 2 unspecified atom stereocenters. The van der Waals surface area contributed by atoms with Gasteiger partial charge in [-0.3, -0.25) is 4.68 Å². The molecule has 1 N–H and O–H groups in total. The zero-order chi connectivity index (χ0) is 12.3.